The number of halogens is 1. The van der Waals surface area contributed by atoms with E-state index < -0.39 is 0 Å². The molecule has 4 rings (SSSR count). The smallest absolute Gasteiger partial charge is 0.259 e. The number of thioether (sulfide) groups is 1. The van der Waals surface area contributed by atoms with Crippen molar-refractivity contribution in [3.05, 3.63) is 101 Å². The second-order valence-electron chi connectivity index (χ2n) is 6.66. The Bertz CT molecular complexity index is 1140. The molecule has 1 N–H and O–H groups in total. The molecule has 4 aromatic rings. The van der Waals surface area contributed by atoms with Gasteiger partial charge in [-0.05, 0) is 67.1 Å². The Morgan fingerprint density at radius 3 is 2.53 bits per heavy atom. The summed E-state index contributed by atoms with van der Waals surface area (Å²) in [6.45, 7) is 1.89. The monoisotopic (exact) mass is 478 g/mol. The zero-order chi connectivity index (χ0) is 20.9. The van der Waals surface area contributed by atoms with Gasteiger partial charge < -0.3 is 5.32 Å². The molecule has 0 unspecified atom stereocenters. The summed E-state index contributed by atoms with van der Waals surface area (Å²) in [5.41, 5.74) is 4.18. The largest absolute Gasteiger partial charge is 0.322 e. The molecule has 2 heterocycles. The molecular weight excluding hydrogens is 460 g/mol. The Labute approximate surface area is 187 Å². The molecular formula is C23H19BrN4OS. The van der Waals surface area contributed by atoms with E-state index in [1.54, 1.807) is 28.8 Å². The Hall–Kier alpha value is -2.90. The van der Waals surface area contributed by atoms with Crippen LogP contribution in [0.2, 0.25) is 0 Å². The second-order valence-corrected chi connectivity index (χ2v) is 8.62. The van der Waals surface area contributed by atoms with Crippen molar-refractivity contribution < 1.29 is 4.79 Å². The van der Waals surface area contributed by atoms with E-state index in [0.29, 0.717) is 5.56 Å². The van der Waals surface area contributed by atoms with Crippen LogP contribution in [0.5, 0.6) is 0 Å². The van der Waals surface area contributed by atoms with Crippen molar-refractivity contribution >= 4 is 39.3 Å². The molecule has 1 amide bonds. The first kappa shape index (κ1) is 20.4. The van der Waals surface area contributed by atoms with Crippen LogP contribution < -0.4 is 5.32 Å². The third-order valence-corrected chi connectivity index (χ3v) is 6.18. The Balaban J connectivity index is 1.41. The number of carbonyl (C=O) groups is 1. The fraction of sp³-hybridized carbons (Fsp3) is 0.0870. The highest BCUT2D eigenvalue weighted by Gasteiger charge is 2.15. The van der Waals surface area contributed by atoms with Crippen molar-refractivity contribution in [2.24, 2.45) is 0 Å². The van der Waals surface area contributed by atoms with Crippen LogP contribution in [0.3, 0.4) is 0 Å². The van der Waals surface area contributed by atoms with Gasteiger partial charge in [-0.15, -0.1) is 11.8 Å². The average molecular weight is 479 g/mol. The van der Waals surface area contributed by atoms with Crippen molar-refractivity contribution in [1.82, 2.24) is 14.8 Å². The summed E-state index contributed by atoms with van der Waals surface area (Å²) in [7, 11) is 0. The van der Waals surface area contributed by atoms with Crippen LogP contribution in [-0.4, -0.2) is 20.7 Å². The summed E-state index contributed by atoms with van der Waals surface area (Å²) in [5, 5.41) is 7.33. The lowest BCUT2D eigenvalue weighted by atomic mass is 10.2. The van der Waals surface area contributed by atoms with Gasteiger partial charge in [-0.3, -0.25) is 9.78 Å². The molecule has 0 bridgehead atoms. The van der Waals surface area contributed by atoms with Gasteiger partial charge in [-0.1, -0.05) is 22.0 Å². The number of pyridine rings is 1. The second kappa shape index (κ2) is 9.28. The fourth-order valence-corrected chi connectivity index (χ4v) is 4.06. The number of aromatic nitrogens is 3. The molecule has 0 saturated carbocycles. The number of nitrogens with zero attached hydrogens (tertiary/aromatic N) is 3. The van der Waals surface area contributed by atoms with Gasteiger partial charge >= 0.3 is 0 Å². The zero-order valence-corrected chi connectivity index (χ0v) is 18.7. The van der Waals surface area contributed by atoms with Gasteiger partial charge in [-0.25, -0.2) is 4.68 Å². The van der Waals surface area contributed by atoms with E-state index in [1.165, 1.54) is 5.56 Å². The van der Waals surface area contributed by atoms with Gasteiger partial charge in [0.15, 0.2) is 0 Å². The summed E-state index contributed by atoms with van der Waals surface area (Å²) in [6, 6.07) is 19.6. The molecule has 5 nitrogen and oxygen atoms in total. The van der Waals surface area contributed by atoms with Crippen LogP contribution >= 0.6 is 27.7 Å². The van der Waals surface area contributed by atoms with E-state index in [4.69, 9.17) is 0 Å². The van der Waals surface area contributed by atoms with Gasteiger partial charge in [-0.2, -0.15) is 5.10 Å². The minimum Gasteiger partial charge on any atom is -0.322 e. The Kier molecular flexibility index (Phi) is 6.30. The first-order valence-corrected chi connectivity index (χ1v) is 11.1. The topological polar surface area (TPSA) is 59.8 Å². The van der Waals surface area contributed by atoms with Crippen LogP contribution in [0, 0.1) is 6.92 Å². The quantitative estimate of drug-likeness (QED) is 0.351. The van der Waals surface area contributed by atoms with E-state index in [-0.39, 0.29) is 5.91 Å². The highest BCUT2D eigenvalue weighted by molar-refractivity contribution is 9.10. The zero-order valence-electron chi connectivity index (χ0n) is 16.2. The number of hydrogen-bond donors (Lipinski definition) is 1. The maximum Gasteiger partial charge on any atom is 0.259 e. The normalized spacial score (nSPS) is 10.7. The summed E-state index contributed by atoms with van der Waals surface area (Å²) < 4.78 is 2.76. The molecule has 30 heavy (non-hydrogen) atoms. The number of hydrogen-bond acceptors (Lipinski definition) is 4. The standard InChI is InChI=1S/C23H19BrN4OS/c1-16-22(14-26-28(16)20-8-4-18(24)5-9-20)23(29)27-19-6-10-21(11-7-19)30-15-17-3-2-12-25-13-17/h2-14H,15H2,1H3,(H,27,29). The summed E-state index contributed by atoms with van der Waals surface area (Å²) in [5.74, 6) is 0.681. The lowest BCUT2D eigenvalue weighted by Crippen LogP contribution is -2.13. The van der Waals surface area contributed by atoms with Crippen LogP contribution in [0.25, 0.3) is 5.69 Å². The molecule has 0 aliphatic carbocycles. The third-order valence-electron chi connectivity index (χ3n) is 4.57. The van der Waals surface area contributed by atoms with E-state index in [9.17, 15) is 4.79 Å². The van der Waals surface area contributed by atoms with Gasteiger partial charge in [0.05, 0.1) is 23.1 Å². The first-order valence-electron chi connectivity index (χ1n) is 9.34. The van der Waals surface area contributed by atoms with Crippen LogP contribution in [0.1, 0.15) is 21.6 Å². The van der Waals surface area contributed by atoms with Gasteiger partial charge in [0, 0.05) is 33.2 Å². The number of carbonyl (C=O) groups excluding carboxylic acids is 1. The van der Waals surface area contributed by atoms with Crippen molar-refractivity contribution in [2.75, 3.05) is 5.32 Å². The number of anilines is 1. The molecule has 2 aromatic carbocycles. The predicted molar refractivity (Wildman–Crippen MR) is 124 cm³/mol. The minimum absolute atomic E-state index is 0.174. The molecule has 0 saturated heterocycles. The SMILES string of the molecule is Cc1c(C(=O)Nc2ccc(SCc3cccnc3)cc2)cnn1-c1ccc(Br)cc1. The van der Waals surface area contributed by atoms with E-state index in [2.05, 4.69) is 37.4 Å². The third kappa shape index (κ3) is 4.80. The molecule has 0 aliphatic rings. The van der Waals surface area contributed by atoms with Gasteiger partial charge in [0.1, 0.15) is 0 Å². The van der Waals surface area contributed by atoms with Gasteiger partial charge in [0.25, 0.3) is 5.91 Å². The minimum atomic E-state index is -0.174. The summed E-state index contributed by atoms with van der Waals surface area (Å²) in [6.07, 6.45) is 5.25. The van der Waals surface area contributed by atoms with Crippen LogP contribution in [0.4, 0.5) is 5.69 Å². The van der Waals surface area contributed by atoms with E-state index in [1.807, 2.05) is 67.7 Å². The van der Waals surface area contributed by atoms with Gasteiger partial charge in [0.2, 0.25) is 0 Å². The number of benzene rings is 2. The van der Waals surface area contributed by atoms with Crippen LogP contribution in [0.15, 0.2) is 88.6 Å². The predicted octanol–water partition coefficient (Wildman–Crippen LogP) is 5.88. The molecule has 2 aromatic heterocycles. The number of rotatable bonds is 6. The average Bonchev–Trinajstić information content (AvgIpc) is 3.16. The lowest BCUT2D eigenvalue weighted by Gasteiger charge is -2.08. The molecule has 150 valence electrons. The number of nitrogens with one attached hydrogen (secondary N) is 1. The number of amides is 1. The first-order chi connectivity index (χ1) is 14.6. The van der Waals surface area contributed by atoms with E-state index in [0.717, 1.165) is 32.2 Å². The van der Waals surface area contributed by atoms with Crippen molar-refractivity contribution in [2.45, 2.75) is 17.6 Å². The molecule has 0 fully saturated rings. The summed E-state index contributed by atoms with van der Waals surface area (Å²) >= 11 is 5.16. The maximum atomic E-state index is 12.7. The molecule has 0 atom stereocenters. The Morgan fingerprint density at radius 1 is 1.07 bits per heavy atom. The highest BCUT2D eigenvalue weighted by atomic mass is 79.9. The van der Waals surface area contributed by atoms with Crippen LogP contribution in [-0.2, 0) is 5.75 Å². The van der Waals surface area contributed by atoms with E-state index >= 15 is 0 Å². The maximum absolute atomic E-state index is 12.7. The highest BCUT2D eigenvalue weighted by Crippen LogP contribution is 2.24. The molecule has 0 radical (unpaired) electrons. The molecule has 0 spiro atoms. The van der Waals surface area contributed by atoms with Crippen molar-refractivity contribution in [3.63, 3.8) is 0 Å². The fourth-order valence-electron chi connectivity index (χ4n) is 2.96. The van der Waals surface area contributed by atoms with Crippen molar-refractivity contribution in [1.29, 1.82) is 0 Å². The Morgan fingerprint density at radius 2 is 1.83 bits per heavy atom. The molecule has 0 aliphatic heterocycles. The van der Waals surface area contributed by atoms with Crippen molar-refractivity contribution in [3.8, 4) is 5.69 Å². The molecule has 7 heteroatoms. The summed E-state index contributed by atoms with van der Waals surface area (Å²) in [4.78, 5) is 18.0. The lowest BCUT2D eigenvalue weighted by molar-refractivity contribution is 0.102.